The van der Waals surface area contributed by atoms with E-state index in [-0.39, 0.29) is 10.1 Å². The van der Waals surface area contributed by atoms with Gasteiger partial charge in [-0.25, -0.2) is 18.7 Å². The average molecular weight is 578 g/mol. The molecule has 9 nitrogen and oxygen atoms in total. The summed E-state index contributed by atoms with van der Waals surface area (Å²) in [6.07, 6.45) is -12.7. The molecule has 3 rings (SSSR count). The Morgan fingerprint density at radius 1 is 1.05 bits per heavy atom. The zero-order chi connectivity index (χ0) is 29.1. The van der Waals surface area contributed by atoms with E-state index in [9.17, 15) is 54.2 Å². The number of rotatable bonds is 6. The number of halogens is 7. The van der Waals surface area contributed by atoms with Crippen molar-refractivity contribution >= 4 is 16.0 Å². The van der Waals surface area contributed by atoms with Gasteiger partial charge < -0.3 is 20.2 Å². The van der Waals surface area contributed by atoms with Gasteiger partial charge in [0.25, 0.3) is 0 Å². The van der Waals surface area contributed by atoms with Gasteiger partial charge in [-0.2, -0.15) is 30.6 Å². The van der Waals surface area contributed by atoms with Crippen molar-refractivity contribution in [2.75, 3.05) is 6.54 Å². The molecule has 1 fully saturated rings. The Labute approximate surface area is 210 Å². The highest BCUT2D eigenvalue weighted by Crippen LogP contribution is 2.40. The van der Waals surface area contributed by atoms with E-state index in [4.69, 9.17) is 9.94 Å². The number of aliphatic hydroxyl groups is 1. The summed E-state index contributed by atoms with van der Waals surface area (Å²) in [5, 5.41) is 25.7. The Bertz CT molecular complexity index is 1220. The number of hydrogen-bond donors (Lipinski definition) is 4. The molecule has 5 N–H and O–H groups in total. The maximum absolute atomic E-state index is 13.4. The van der Waals surface area contributed by atoms with Crippen LogP contribution in [0.3, 0.4) is 0 Å². The lowest BCUT2D eigenvalue weighted by atomic mass is 9.89. The molecule has 1 aliphatic rings. The van der Waals surface area contributed by atoms with Crippen LogP contribution in [0.1, 0.15) is 17.5 Å². The minimum absolute atomic E-state index is 0.0554. The number of carboxylic acids is 1. The lowest BCUT2D eigenvalue weighted by Gasteiger charge is -2.40. The highest BCUT2D eigenvalue weighted by Gasteiger charge is 2.56. The summed E-state index contributed by atoms with van der Waals surface area (Å²) < 4.78 is 124. The van der Waals surface area contributed by atoms with Crippen LogP contribution in [0.4, 0.5) is 30.7 Å². The number of hydrogen-bond acceptors (Lipinski definition) is 7. The third-order valence-electron chi connectivity index (χ3n) is 5.48. The first-order valence-electron chi connectivity index (χ1n) is 10.4. The normalized spacial score (nSPS) is 20.8. The minimum Gasteiger partial charge on any atom is -0.489 e. The average Bonchev–Trinajstić information content (AvgIpc) is 2.82. The topological polar surface area (TPSA) is 150 Å². The van der Waals surface area contributed by atoms with Gasteiger partial charge >= 0.3 is 18.3 Å². The third kappa shape index (κ3) is 7.10. The Morgan fingerprint density at radius 2 is 1.63 bits per heavy atom. The van der Waals surface area contributed by atoms with Gasteiger partial charge in [0.1, 0.15) is 24.2 Å². The van der Waals surface area contributed by atoms with Crippen molar-refractivity contribution in [3.63, 3.8) is 0 Å². The highest BCUT2D eigenvalue weighted by atomic mass is 32.2. The number of aliphatic carboxylic acids is 1. The van der Waals surface area contributed by atoms with Gasteiger partial charge in [-0.1, -0.05) is 0 Å². The molecule has 2 aromatic carbocycles. The van der Waals surface area contributed by atoms with Crippen molar-refractivity contribution in [1.82, 2.24) is 4.31 Å². The molecule has 3 unspecified atom stereocenters. The summed E-state index contributed by atoms with van der Waals surface area (Å²) >= 11 is 0. The van der Waals surface area contributed by atoms with Gasteiger partial charge in [-0.05, 0) is 48.9 Å². The van der Waals surface area contributed by atoms with E-state index in [0.717, 1.165) is 24.3 Å². The second-order valence-electron chi connectivity index (χ2n) is 7.95. The number of aliphatic hydroxyl groups excluding tert-OH is 1. The van der Waals surface area contributed by atoms with Crippen LogP contribution in [0, 0.1) is 11.7 Å². The fourth-order valence-electron chi connectivity index (χ4n) is 3.84. The zero-order valence-electron chi connectivity index (χ0n) is 18.9. The van der Waals surface area contributed by atoms with Crippen molar-refractivity contribution in [2.24, 2.45) is 11.8 Å². The number of carbonyl (C=O) groups is 1. The van der Waals surface area contributed by atoms with E-state index in [1.54, 1.807) is 0 Å². The molecule has 0 aliphatic carbocycles. The van der Waals surface area contributed by atoms with Crippen molar-refractivity contribution in [1.29, 1.82) is 0 Å². The Hall–Kier alpha value is -2.99. The predicted molar refractivity (Wildman–Crippen MR) is 114 cm³/mol. The highest BCUT2D eigenvalue weighted by molar-refractivity contribution is 7.89. The molecule has 3 atom stereocenters. The zero-order valence-corrected chi connectivity index (χ0v) is 19.8. The van der Waals surface area contributed by atoms with Crippen LogP contribution < -0.4 is 10.6 Å². The van der Waals surface area contributed by atoms with Crippen molar-refractivity contribution < 1.29 is 64.1 Å². The van der Waals surface area contributed by atoms with E-state index in [0.29, 0.717) is 18.2 Å². The predicted octanol–water partition coefficient (Wildman–Crippen LogP) is 3.14. The molecule has 0 spiro atoms. The van der Waals surface area contributed by atoms with Gasteiger partial charge in [-0.15, -0.1) is 0 Å². The molecule has 0 bridgehead atoms. The van der Waals surface area contributed by atoms with Gasteiger partial charge in [0.15, 0.2) is 0 Å². The van der Waals surface area contributed by atoms with Gasteiger partial charge in [0.2, 0.25) is 10.0 Å². The summed E-state index contributed by atoms with van der Waals surface area (Å²) in [4.78, 5) is 10.9. The minimum atomic E-state index is -5.11. The van der Waals surface area contributed by atoms with Crippen molar-refractivity contribution in [2.45, 2.75) is 42.4 Å². The number of alkyl halides is 6. The third-order valence-corrected chi connectivity index (χ3v) is 7.34. The van der Waals surface area contributed by atoms with Crippen LogP contribution in [-0.2, 0) is 27.6 Å². The Balaban J connectivity index is 0.00000247. The Morgan fingerprint density at radius 3 is 2.13 bits per heavy atom. The number of ether oxygens (including phenoxy) is 1. The maximum Gasteiger partial charge on any atom is 0.416 e. The van der Waals surface area contributed by atoms with Gasteiger partial charge in [-0.3, -0.25) is 4.79 Å². The lowest BCUT2D eigenvalue weighted by molar-refractivity contribution is -0.210. The molecule has 1 heterocycles. The number of nitrogens with zero attached hydrogens (tertiary/aromatic N) is 1. The largest absolute Gasteiger partial charge is 0.489 e. The number of sulfonamides is 1. The molecule has 17 heteroatoms. The lowest BCUT2D eigenvalue weighted by Crippen LogP contribution is -2.59. The summed E-state index contributed by atoms with van der Waals surface area (Å²) in [5.74, 6) is -2.32. The van der Waals surface area contributed by atoms with E-state index in [1.807, 2.05) is 0 Å². The van der Waals surface area contributed by atoms with E-state index >= 15 is 0 Å². The van der Waals surface area contributed by atoms with E-state index in [2.05, 4.69) is 5.90 Å². The first-order valence-corrected chi connectivity index (χ1v) is 11.8. The molecule has 0 radical (unpaired) electrons. The van der Waals surface area contributed by atoms with Crippen molar-refractivity contribution in [3.05, 3.63) is 59.4 Å². The summed E-state index contributed by atoms with van der Waals surface area (Å²) in [7, 11) is -4.86. The Kier molecular flexibility index (Phi) is 9.71. The summed E-state index contributed by atoms with van der Waals surface area (Å²) in [6.45, 7) is -1.64. The molecule has 38 heavy (non-hydrogen) atoms. The molecule has 1 aliphatic heterocycles. The molecule has 1 saturated heterocycles. The van der Waals surface area contributed by atoms with Crippen LogP contribution in [0.2, 0.25) is 0 Å². The van der Waals surface area contributed by atoms with Gasteiger partial charge in [0, 0.05) is 12.1 Å². The van der Waals surface area contributed by atoms with E-state index < -0.39 is 87.8 Å². The number of piperidine rings is 1. The molecule has 212 valence electrons. The summed E-state index contributed by atoms with van der Waals surface area (Å²) in [6, 6.07) is 2.91. The summed E-state index contributed by atoms with van der Waals surface area (Å²) in [5.41, 5.74) is -1.69. The van der Waals surface area contributed by atoms with Crippen LogP contribution in [0.5, 0.6) is 5.75 Å². The molecular formula is C21H21F7N2O7S. The number of carboxylic acid groups (broad SMARTS) is 1. The number of benzene rings is 2. The second-order valence-corrected chi connectivity index (χ2v) is 9.85. The van der Waals surface area contributed by atoms with Crippen LogP contribution >= 0.6 is 0 Å². The molecule has 0 amide bonds. The standard InChI is InChI=1S/C21H18F7NO6S.H3NO/c22-12-1-6-16(20(23,24)25)11(7-12)10-35-14-2-4-15(5-3-14)36(33,34)29-9-13(30)8-17(21(26,27)28)18(29)19(31)32;1-2/h1-7,13,17-18,30H,8-10H2,(H,31,32);2H,1H2. The first kappa shape index (κ1) is 31.2. The fraction of sp³-hybridized carbons (Fsp3) is 0.381. The quantitative estimate of drug-likeness (QED) is 0.302. The van der Waals surface area contributed by atoms with Crippen LogP contribution in [0.25, 0.3) is 0 Å². The first-order chi connectivity index (χ1) is 17.5. The molecule has 2 aromatic rings. The fourth-order valence-corrected chi connectivity index (χ4v) is 5.49. The van der Waals surface area contributed by atoms with Crippen molar-refractivity contribution in [3.8, 4) is 5.75 Å². The molecule has 0 saturated carbocycles. The van der Waals surface area contributed by atoms with Crippen LogP contribution in [0.15, 0.2) is 47.4 Å². The maximum atomic E-state index is 13.4. The second kappa shape index (κ2) is 11.8. The van der Waals surface area contributed by atoms with Gasteiger partial charge in [0.05, 0.1) is 22.5 Å². The monoisotopic (exact) mass is 578 g/mol. The number of β-amino-alcohol motifs (C(OH)–C–C–N with tert-alkyl or cyclic N) is 1. The molecule has 0 aromatic heterocycles. The smallest absolute Gasteiger partial charge is 0.416 e. The number of nitrogens with two attached hydrogens (primary N) is 1. The molecular weight excluding hydrogens is 557 g/mol. The van der Waals surface area contributed by atoms with E-state index in [1.165, 1.54) is 0 Å². The SMILES string of the molecule is NO.O=C(O)C1C(C(F)(F)F)CC(O)CN1S(=O)(=O)c1ccc(OCc2cc(F)ccc2C(F)(F)F)cc1. The van der Waals surface area contributed by atoms with Crippen LogP contribution in [-0.4, -0.2) is 59.0 Å².